The van der Waals surface area contributed by atoms with Gasteiger partial charge in [-0.05, 0) is 30.7 Å². The normalized spacial score (nSPS) is 11.1. The van der Waals surface area contributed by atoms with Gasteiger partial charge in [0.25, 0.3) is 0 Å². The molecule has 16 heavy (non-hydrogen) atoms. The SMILES string of the molecule is Cc1cc(N)n(-c2nc3ccccc3[nH]2)c1. The van der Waals surface area contributed by atoms with Crippen LogP contribution < -0.4 is 5.73 Å². The monoisotopic (exact) mass is 212 g/mol. The smallest absolute Gasteiger partial charge is 0.213 e. The third-order valence-corrected chi connectivity index (χ3v) is 2.59. The Bertz CT molecular complexity index is 615. The number of benzene rings is 1. The first kappa shape index (κ1) is 9.03. The molecule has 3 aromatic rings. The maximum Gasteiger partial charge on any atom is 0.213 e. The van der Waals surface area contributed by atoms with Crippen LogP contribution in [0.5, 0.6) is 0 Å². The molecule has 4 heteroatoms. The second-order valence-electron chi connectivity index (χ2n) is 3.89. The number of fused-ring (bicyclic) bond motifs is 1. The zero-order valence-corrected chi connectivity index (χ0v) is 8.94. The predicted molar refractivity (Wildman–Crippen MR) is 64.6 cm³/mol. The number of nitrogens with two attached hydrogens (primary N) is 1. The van der Waals surface area contributed by atoms with Crippen molar-refractivity contribution in [2.24, 2.45) is 0 Å². The van der Waals surface area contributed by atoms with Crippen LogP contribution in [-0.4, -0.2) is 14.5 Å². The Balaban J connectivity index is 2.22. The molecule has 0 aliphatic rings. The molecule has 0 unspecified atom stereocenters. The third-order valence-electron chi connectivity index (χ3n) is 2.59. The minimum atomic E-state index is 0.691. The highest BCUT2D eigenvalue weighted by Gasteiger charge is 2.06. The number of aromatic amines is 1. The molecule has 0 saturated heterocycles. The summed E-state index contributed by atoms with van der Waals surface area (Å²) in [5, 5.41) is 0. The number of nitrogens with zero attached hydrogens (tertiary/aromatic N) is 2. The first-order valence-electron chi connectivity index (χ1n) is 5.13. The maximum atomic E-state index is 5.90. The molecule has 80 valence electrons. The van der Waals surface area contributed by atoms with E-state index < -0.39 is 0 Å². The standard InChI is InChI=1S/C12H12N4/c1-8-6-11(13)16(7-8)12-14-9-4-2-3-5-10(9)15-12/h2-7H,13H2,1H3,(H,14,15). The summed E-state index contributed by atoms with van der Waals surface area (Å²) in [4.78, 5) is 7.72. The maximum absolute atomic E-state index is 5.90. The van der Waals surface area contributed by atoms with Gasteiger partial charge in [0.2, 0.25) is 5.95 Å². The molecule has 1 aromatic carbocycles. The van der Waals surface area contributed by atoms with Crippen molar-refractivity contribution in [1.82, 2.24) is 14.5 Å². The molecule has 0 saturated carbocycles. The third kappa shape index (κ3) is 1.27. The lowest BCUT2D eigenvalue weighted by Gasteiger charge is -1.99. The fraction of sp³-hybridized carbons (Fsp3) is 0.0833. The van der Waals surface area contributed by atoms with Gasteiger partial charge < -0.3 is 10.7 Å². The first-order chi connectivity index (χ1) is 7.74. The van der Waals surface area contributed by atoms with Crippen LogP contribution in [0.1, 0.15) is 5.56 Å². The molecule has 0 atom stereocenters. The van der Waals surface area contributed by atoms with E-state index in [0.717, 1.165) is 22.5 Å². The van der Waals surface area contributed by atoms with E-state index >= 15 is 0 Å². The number of H-pyrrole nitrogens is 1. The van der Waals surface area contributed by atoms with E-state index in [9.17, 15) is 0 Å². The van der Waals surface area contributed by atoms with E-state index in [1.807, 2.05) is 48.0 Å². The van der Waals surface area contributed by atoms with Crippen LogP contribution in [0.2, 0.25) is 0 Å². The number of nitrogen functional groups attached to an aromatic ring is 1. The van der Waals surface area contributed by atoms with Crippen LogP contribution >= 0.6 is 0 Å². The van der Waals surface area contributed by atoms with E-state index in [1.54, 1.807) is 0 Å². The summed E-state index contributed by atoms with van der Waals surface area (Å²) >= 11 is 0. The first-order valence-corrected chi connectivity index (χ1v) is 5.13. The van der Waals surface area contributed by atoms with Gasteiger partial charge in [0.15, 0.2) is 0 Å². The van der Waals surface area contributed by atoms with Crippen molar-refractivity contribution < 1.29 is 0 Å². The summed E-state index contributed by atoms with van der Waals surface area (Å²) in [5.74, 6) is 1.45. The van der Waals surface area contributed by atoms with E-state index in [-0.39, 0.29) is 0 Å². The summed E-state index contributed by atoms with van der Waals surface area (Å²) in [6.07, 6.45) is 1.97. The fourth-order valence-corrected chi connectivity index (χ4v) is 1.86. The highest BCUT2D eigenvalue weighted by molar-refractivity contribution is 5.76. The Morgan fingerprint density at radius 3 is 2.81 bits per heavy atom. The highest BCUT2D eigenvalue weighted by atomic mass is 15.2. The minimum Gasteiger partial charge on any atom is -0.385 e. The molecule has 0 bridgehead atoms. The largest absolute Gasteiger partial charge is 0.385 e. The van der Waals surface area contributed by atoms with Gasteiger partial charge in [0.05, 0.1) is 11.0 Å². The number of para-hydroxylation sites is 2. The zero-order chi connectivity index (χ0) is 11.1. The van der Waals surface area contributed by atoms with Gasteiger partial charge in [-0.15, -0.1) is 0 Å². The van der Waals surface area contributed by atoms with Gasteiger partial charge in [0, 0.05) is 6.20 Å². The van der Waals surface area contributed by atoms with Crippen molar-refractivity contribution in [3.05, 3.63) is 42.1 Å². The summed E-state index contributed by atoms with van der Waals surface area (Å²) in [6, 6.07) is 9.85. The van der Waals surface area contributed by atoms with Gasteiger partial charge in [-0.3, -0.25) is 4.57 Å². The molecule has 0 aliphatic carbocycles. The van der Waals surface area contributed by atoms with Crippen LogP contribution in [0.15, 0.2) is 36.5 Å². The lowest BCUT2D eigenvalue weighted by Crippen LogP contribution is -1.99. The number of aryl methyl sites for hydroxylation is 1. The predicted octanol–water partition coefficient (Wildman–Crippen LogP) is 2.24. The zero-order valence-electron chi connectivity index (χ0n) is 8.94. The molecule has 2 aromatic heterocycles. The van der Waals surface area contributed by atoms with E-state index in [0.29, 0.717) is 5.82 Å². The molecule has 2 heterocycles. The number of nitrogens with one attached hydrogen (secondary N) is 1. The van der Waals surface area contributed by atoms with Crippen molar-refractivity contribution in [2.75, 3.05) is 5.73 Å². The summed E-state index contributed by atoms with van der Waals surface area (Å²) in [7, 11) is 0. The lowest BCUT2D eigenvalue weighted by atomic mass is 10.3. The second-order valence-corrected chi connectivity index (χ2v) is 3.89. The molecular formula is C12H12N4. The van der Waals surface area contributed by atoms with E-state index in [2.05, 4.69) is 9.97 Å². The highest BCUT2D eigenvalue weighted by Crippen LogP contribution is 2.18. The summed E-state index contributed by atoms with van der Waals surface area (Å²) < 4.78 is 1.86. The van der Waals surface area contributed by atoms with Crippen LogP contribution in [0, 0.1) is 6.92 Å². The van der Waals surface area contributed by atoms with Crippen molar-refractivity contribution in [1.29, 1.82) is 0 Å². The van der Waals surface area contributed by atoms with Gasteiger partial charge in [-0.25, -0.2) is 4.98 Å². The van der Waals surface area contributed by atoms with Crippen molar-refractivity contribution in [3.8, 4) is 5.95 Å². The van der Waals surface area contributed by atoms with Crippen LogP contribution in [0.4, 0.5) is 5.82 Å². The molecule has 0 radical (unpaired) electrons. The quantitative estimate of drug-likeness (QED) is 0.650. The second kappa shape index (κ2) is 3.13. The Kier molecular flexibility index (Phi) is 1.77. The summed E-state index contributed by atoms with van der Waals surface area (Å²) in [6.45, 7) is 2.01. The minimum absolute atomic E-state index is 0.691. The Morgan fingerprint density at radius 2 is 2.12 bits per heavy atom. The topological polar surface area (TPSA) is 59.6 Å². The van der Waals surface area contributed by atoms with Crippen LogP contribution in [-0.2, 0) is 0 Å². The van der Waals surface area contributed by atoms with Gasteiger partial charge in [-0.1, -0.05) is 12.1 Å². The van der Waals surface area contributed by atoms with E-state index in [1.165, 1.54) is 0 Å². The molecule has 3 N–H and O–H groups in total. The molecule has 0 amide bonds. The van der Waals surface area contributed by atoms with Crippen molar-refractivity contribution in [3.63, 3.8) is 0 Å². The fourth-order valence-electron chi connectivity index (χ4n) is 1.86. The number of anilines is 1. The number of hydrogen-bond donors (Lipinski definition) is 2. The lowest BCUT2D eigenvalue weighted by molar-refractivity contribution is 0.989. The Morgan fingerprint density at radius 1 is 1.31 bits per heavy atom. The van der Waals surface area contributed by atoms with Gasteiger partial charge in [-0.2, -0.15) is 0 Å². The number of aromatic nitrogens is 3. The Labute approximate surface area is 92.7 Å². The van der Waals surface area contributed by atoms with Crippen molar-refractivity contribution >= 4 is 16.9 Å². The molecule has 0 spiro atoms. The Hall–Kier alpha value is -2.23. The number of rotatable bonds is 1. The van der Waals surface area contributed by atoms with Crippen LogP contribution in [0.3, 0.4) is 0 Å². The van der Waals surface area contributed by atoms with Crippen LogP contribution in [0.25, 0.3) is 17.0 Å². The number of imidazole rings is 1. The van der Waals surface area contributed by atoms with Crippen molar-refractivity contribution in [2.45, 2.75) is 6.92 Å². The van der Waals surface area contributed by atoms with E-state index in [4.69, 9.17) is 5.73 Å². The molecule has 0 aliphatic heterocycles. The molecule has 4 nitrogen and oxygen atoms in total. The number of hydrogen-bond acceptors (Lipinski definition) is 2. The molecular weight excluding hydrogens is 200 g/mol. The summed E-state index contributed by atoms with van der Waals surface area (Å²) in [5.41, 5.74) is 8.99. The molecule has 0 fully saturated rings. The van der Waals surface area contributed by atoms with Gasteiger partial charge in [0.1, 0.15) is 5.82 Å². The average Bonchev–Trinajstić information content (AvgIpc) is 2.81. The van der Waals surface area contributed by atoms with Gasteiger partial charge >= 0.3 is 0 Å². The molecule has 3 rings (SSSR count). The average molecular weight is 212 g/mol.